The predicted molar refractivity (Wildman–Crippen MR) is 73.2 cm³/mol. The number of nitrogens with zero attached hydrogens (tertiary/aromatic N) is 1. The van der Waals surface area contributed by atoms with E-state index in [1.54, 1.807) is 6.07 Å². The quantitative estimate of drug-likeness (QED) is 0.666. The van der Waals surface area contributed by atoms with Crippen molar-refractivity contribution in [1.29, 1.82) is 0 Å². The Labute approximate surface area is 120 Å². The van der Waals surface area contributed by atoms with Crippen LogP contribution in [0.1, 0.15) is 28.2 Å². The van der Waals surface area contributed by atoms with Crippen LogP contribution in [0.2, 0.25) is 0 Å². The molecule has 0 saturated heterocycles. The van der Waals surface area contributed by atoms with Gasteiger partial charge in [0.1, 0.15) is 17.3 Å². The molecule has 0 fully saturated rings. The van der Waals surface area contributed by atoms with Crippen LogP contribution in [0.3, 0.4) is 0 Å². The van der Waals surface area contributed by atoms with Gasteiger partial charge in [0.15, 0.2) is 0 Å². The second kappa shape index (κ2) is 6.85. The number of aliphatic hydroxyl groups is 1. The highest BCUT2D eigenvalue weighted by molar-refractivity contribution is 5.90. The molecule has 0 spiro atoms. The van der Waals surface area contributed by atoms with E-state index in [1.165, 1.54) is 18.2 Å². The van der Waals surface area contributed by atoms with Crippen LogP contribution in [0.15, 0.2) is 24.3 Å². The highest BCUT2D eigenvalue weighted by Crippen LogP contribution is 2.20. The molecule has 1 aromatic heterocycles. The summed E-state index contributed by atoms with van der Waals surface area (Å²) in [5.74, 6) is -0.510. The van der Waals surface area contributed by atoms with Gasteiger partial charge in [-0.05, 0) is 37.1 Å². The first-order chi connectivity index (χ1) is 10.1. The summed E-state index contributed by atoms with van der Waals surface area (Å²) < 4.78 is 18.5. The lowest BCUT2D eigenvalue weighted by molar-refractivity contribution is 0.0995. The highest BCUT2D eigenvalue weighted by atomic mass is 19.1. The molecule has 7 heteroatoms. The van der Waals surface area contributed by atoms with Crippen molar-refractivity contribution >= 4 is 5.91 Å². The number of ether oxygens (including phenoxy) is 1. The normalized spacial score (nSPS) is 10.6. The number of benzene rings is 1. The van der Waals surface area contributed by atoms with Gasteiger partial charge in [0.2, 0.25) is 0 Å². The number of hydrogen-bond donors (Lipinski definition) is 3. The van der Waals surface area contributed by atoms with E-state index < -0.39 is 11.7 Å². The van der Waals surface area contributed by atoms with E-state index in [0.29, 0.717) is 36.5 Å². The molecule has 21 heavy (non-hydrogen) atoms. The second-order valence-electron chi connectivity index (χ2n) is 4.50. The molecule has 0 aliphatic carbocycles. The number of aromatic amines is 1. The number of hydrogen-bond acceptors (Lipinski definition) is 4. The zero-order valence-electron chi connectivity index (χ0n) is 11.3. The Morgan fingerprint density at radius 3 is 2.90 bits per heavy atom. The molecule has 0 bridgehead atoms. The lowest BCUT2D eigenvalue weighted by atomic mass is 10.2. The number of aliphatic hydroxyl groups excluding tert-OH is 1. The van der Waals surface area contributed by atoms with Gasteiger partial charge in [-0.1, -0.05) is 0 Å². The van der Waals surface area contributed by atoms with Crippen molar-refractivity contribution in [2.45, 2.75) is 19.4 Å². The number of carbonyl (C=O) groups excluding carboxylic acids is 1. The summed E-state index contributed by atoms with van der Waals surface area (Å²) in [4.78, 5) is 10.9. The molecule has 0 unspecified atom stereocenters. The number of amides is 1. The Hall–Kier alpha value is -2.41. The third-order valence-electron chi connectivity index (χ3n) is 2.92. The van der Waals surface area contributed by atoms with Crippen molar-refractivity contribution < 1.29 is 19.0 Å². The van der Waals surface area contributed by atoms with Crippen molar-refractivity contribution in [2.24, 2.45) is 5.73 Å². The summed E-state index contributed by atoms with van der Waals surface area (Å²) in [6.07, 6.45) is 1.27. The van der Waals surface area contributed by atoms with Gasteiger partial charge in [0.05, 0.1) is 18.9 Å². The van der Waals surface area contributed by atoms with Gasteiger partial charge in [0, 0.05) is 5.56 Å². The molecule has 1 heterocycles. The maximum Gasteiger partial charge on any atom is 0.266 e. The van der Waals surface area contributed by atoms with Crippen LogP contribution in [0.4, 0.5) is 4.39 Å². The van der Waals surface area contributed by atoms with Crippen LogP contribution in [-0.4, -0.2) is 27.8 Å². The summed E-state index contributed by atoms with van der Waals surface area (Å²) in [6, 6.07) is 5.60. The first-order valence-corrected chi connectivity index (χ1v) is 6.46. The molecular formula is C14H16FN3O3. The van der Waals surface area contributed by atoms with Crippen LogP contribution in [-0.2, 0) is 13.0 Å². The SMILES string of the molecule is NC(=O)c1cc(CCCOc2ccc(F)cc2CO)n[nH]1. The molecule has 6 nitrogen and oxygen atoms in total. The summed E-state index contributed by atoms with van der Waals surface area (Å²) in [5.41, 5.74) is 6.51. The van der Waals surface area contributed by atoms with E-state index in [4.69, 9.17) is 15.6 Å². The van der Waals surface area contributed by atoms with Gasteiger partial charge < -0.3 is 15.6 Å². The van der Waals surface area contributed by atoms with Crippen LogP contribution in [0.5, 0.6) is 5.75 Å². The molecule has 0 saturated carbocycles. The number of halogens is 1. The molecule has 0 atom stereocenters. The van der Waals surface area contributed by atoms with Crippen molar-refractivity contribution in [3.8, 4) is 5.75 Å². The molecule has 1 aromatic carbocycles. The number of H-pyrrole nitrogens is 1. The standard InChI is InChI=1S/C14H16FN3O3/c15-10-3-4-13(9(6-10)8-19)21-5-1-2-11-7-12(14(16)20)18-17-11/h3-4,6-7,19H,1-2,5,8H2,(H2,16,20)(H,17,18). The van der Waals surface area contributed by atoms with Gasteiger partial charge in [-0.15, -0.1) is 0 Å². The molecule has 0 radical (unpaired) electrons. The Bertz CT molecular complexity index is 628. The Morgan fingerprint density at radius 1 is 1.43 bits per heavy atom. The lowest BCUT2D eigenvalue weighted by Gasteiger charge is -2.09. The maximum absolute atomic E-state index is 13.0. The van der Waals surface area contributed by atoms with E-state index in [9.17, 15) is 9.18 Å². The highest BCUT2D eigenvalue weighted by Gasteiger charge is 2.07. The van der Waals surface area contributed by atoms with Crippen molar-refractivity contribution in [3.63, 3.8) is 0 Å². The smallest absolute Gasteiger partial charge is 0.266 e. The minimum absolute atomic E-state index is 0.270. The molecule has 2 rings (SSSR count). The summed E-state index contributed by atoms with van der Waals surface area (Å²) in [5, 5.41) is 15.6. The molecule has 2 aromatic rings. The summed E-state index contributed by atoms with van der Waals surface area (Å²) in [6.45, 7) is 0.103. The number of aryl methyl sites for hydroxylation is 1. The topological polar surface area (TPSA) is 101 Å². The molecule has 4 N–H and O–H groups in total. The zero-order chi connectivity index (χ0) is 15.2. The van der Waals surface area contributed by atoms with Gasteiger partial charge in [0.25, 0.3) is 5.91 Å². The fraction of sp³-hybridized carbons (Fsp3) is 0.286. The number of nitrogens with two attached hydrogens (primary N) is 1. The monoisotopic (exact) mass is 293 g/mol. The predicted octanol–water partition coefficient (Wildman–Crippen LogP) is 1.15. The Balaban J connectivity index is 1.83. The summed E-state index contributed by atoms with van der Waals surface area (Å²) in [7, 11) is 0. The first kappa shape index (κ1) is 15.0. The zero-order valence-corrected chi connectivity index (χ0v) is 11.3. The minimum atomic E-state index is -0.552. The first-order valence-electron chi connectivity index (χ1n) is 6.46. The molecule has 0 aliphatic heterocycles. The number of primary amides is 1. The van der Waals surface area contributed by atoms with Gasteiger partial charge in [-0.25, -0.2) is 4.39 Å². The number of rotatable bonds is 7. The fourth-order valence-corrected chi connectivity index (χ4v) is 1.87. The Morgan fingerprint density at radius 2 is 2.24 bits per heavy atom. The van der Waals surface area contributed by atoms with Gasteiger partial charge in [-0.2, -0.15) is 5.10 Å². The van der Waals surface area contributed by atoms with E-state index in [-0.39, 0.29) is 12.3 Å². The third kappa shape index (κ3) is 4.03. The minimum Gasteiger partial charge on any atom is -0.493 e. The average Bonchev–Trinajstić information content (AvgIpc) is 2.93. The second-order valence-corrected chi connectivity index (χ2v) is 4.50. The van der Waals surface area contributed by atoms with E-state index in [1.807, 2.05) is 0 Å². The van der Waals surface area contributed by atoms with Gasteiger partial charge in [-0.3, -0.25) is 9.89 Å². The van der Waals surface area contributed by atoms with Crippen LogP contribution in [0.25, 0.3) is 0 Å². The third-order valence-corrected chi connectivity index (χ3v) is 2.92. The lowest BCUT2D eigenvalue weighted by Crippen LogP contribution is -2.11. The van der Waals surface area contributed by atoms with Crippen LogP contribution < -0.4 is 10.5 Å². The Kier molecular flexibility index (Phi) is 4.89. The van der Waals surface area contributed by atoms with Crippen molar-refractivity contribution in [1.82, 2.24) is 10.2 Å². The number of aromatic nitrogens is 2. The van der Waals surface area contributed by atoms with Crippen molar-refractivity contribution in [2.75, 3.05) is 6.61 Å². The maximum atomic E-state index is 13.0. The van der Waals surface area contributed by atoms with E-state index in [0.717, 1.165) is 0 Å². The largest absolute Gasteiger partial charge is 0.493 e. The number of nitrogens with one attached hydrogen (secondary N) is 1. The van der Waals surface area contributed by atoms with Crippen molar-refractivity contribution in [3.05, 3.63) is 47.0 Å². The summed E-state index contributed by atoms with van der Waals surface area (Å²) >= 11 is 0. The molecular weight excluding hydrogens is 277 g/mol. The van der Waals surface area contributed by atoms with Crippen LogP contribution >= 0.6 is 0 Å². The average molecular weight is 293 g/mol. The molecule has 112 valence electrons. The number of carbonyl (C=O) groups is 1. The van der Waals surface area contributed by atoms with Gasteiger partial charge >= 0.3 is 0 Å². The molecule has 1 amide bonds. The fourth-order valence-electron chi connectivity index (χ4n) is 1.87. The molecule has 0 aliphatic rings. The van der Waals surface area contributed by atoms with E-state index in [2.05, 4.69) is 10.2 Å². The van der Waals surface area contributed by atoms with E-state index >= 15 is 0 Å². The van der Waals surface area contributed by atoms with Crippen LogP contribution in [0, 0.1) is 5.82 Å².